The molecule has 2 unspecified atom stereocenters. The Hall–Kier alpha value is -2.38. The number of benzene rings is 1. The Balaban J connectivity index is 1.55. The summed E-state index contributed by atoms with van der Waals surface area (Å²) in [6.07, 6.45) is 3.86. The molecule has 1 saturated heterocycles. The van der Waals surface area contributed by atoms with E-state index >= 15 is 0 Å². The Labute approximate surface area is 171 Å². The van der Waals surface area contributed by atoms with Gasteiger partial charge in [-0.25, -0.2) is 4.98 Å². The molecule has 0 aliphatic carbocycles. The number of H-pyrrole nitrogens is 1. The van der Waals surface area contributed by atoms with Crippen molar-refractivity contribution in [2.75, 3.05) is 27.4 Å². The molecule has 29 heavy (non-hydrogen) atoms. The zero-order valence-corrected chi connectivity index (χ0v) is 17.4. The van der Waals surface area contributed by atoms with E-state index in [4.69, 9.17) is 14.2 Å². The summed E-state index contributed by atoms with van der Waals surface area (Å²) >= 11 is 0. The van der Waals surface area contributed by atoms with Gasteiger partial charge in [0, 0.05) is 37.7 Å². The van der Waals surface area contributed by atoms with Gasteiger partial charge in [-0.05, 0) is 43.9 Å². The van der Waals surface area contributed by atoms with Crippen LogP contribution >= 0.6 is 0 Å². The maximum Gasteiger partial charge on any atom is 0.254 e. The second-order valence-corrected chi connectivity index (χ2v) is 7.87. The Kier molecular flexibility index (Phi) is 5.87. The highest BCUT2D eigenvalue weighted by atomic mass is 16.5. The van der Waals surface area contributed by atoms with Crippen LogP contribution in [0.1, 0.15) is 35.5 Å². The number of nitrogens with one attached hydrogen (secondary N) is 1. The summed E-state index contributed by atoms with van der Waals surface area (Å²) < 4.78 is 16.4. The third-order valence-electron chi connectivity index (χ3n) is 6.00. The van der Waals surface area contributed by atoms with Crippen LogP contribution in [0.5, 0.6) is 11.5 Å². The molecule has 1 aromatic carbocycles. The van der Waals surface area contributed by atoms with Crippen molar-refractivity contribution in [3.8, 4) is 11.5 Å². The predicted octanol–water partition coefficient (Wildman–Crippen LogP) is 2.24. The van der Waals surface area contributed by atoms with Gasteiger partial charge in [0.05, 0.1) is 19.4 Å². The fourth-order valence-corrected chi connectivity index (χ4v) is 4.60. The van der Waals surface area contributed by atoms with E-state index in [1.54, 1.807) is 14.2 Å². The largest absolute Gasteiger partial charge is 0.493 e. The molecular weight excluding hydrogens is 370 g/mol. The van der Waals surface area contributed by atoms with Crippen molar-refractivity contribution in [3.63, 3.8) is 0 Å². The first-order chi connectivity index (χ1) is 14.1. The van der Waals surface area contributed by atoms with Gasteiger partial charge in [0.25, 0.3) is 5.56 Å². The Morgan fingerprint density at radius 1 is 1.14 bits per heavy atom. The van der Waals surface area contributed by atoms with E-state index in [0.29, 0.717) is 31.1 Å². The molecule has 0 spiro atoms. The van der Waals surface area contributed by atoms with E-state index in [-0.39, 0.29) is 5.56 Å². The predicted molar refractivity (Wildman–Crippen MR) is 110 cm³/mol. The summed E-state index contributed by atoms with van der Waals surface area (Å²) in [6.45, 7) is 3.69. The summed E-state index contributed by atoms with van der Waals surface area (Å²) in [5.41, 5.74) is 3.05. The molecule has 2 bridgehead atoms. The van der Waals surface area contributed by atoms with Gasteiger partial charge < -0.3 is 19.2 Å². The van der Waals surface area contributed by atoms with Crippen molar-refractivity contribution in [2.45, 2.75) is 51.2 Å². The van der Waals surface area contributed by atoms with Gasteiger partial charge in [-0.3, -0.25) is 9.69 Å². The Bertz CT molecular complexity index is 927. The molecule has 2 aliphatic rings. The quantitative estimate of drug-likeness (QED) is 0.720. The second-order valence-electron chi connectivity index (χ2n) is 7.87. The summed E-state index contributed by atoms with van der Waals surface area (Å²) in [6, 6.07) is 6.89. The van der Waals surface area contributed by atoms with E-state index in [2.05, 4.69) is 27.0 Å². The number of aromatic amines is 1. The lowest BCUT2D eigenvalue weighted by Gasteiger charge is -2.28. The van der Waals surface area contributed by atoms with E-state index in [1.807, 2.05) is 13.0 Å². The third kappa shape index (κ3) is 4.16. The number of ether oxygens (including phenoxy) is 3. The molecule has 2 aliphatic heterocycles. The first-order valence-corrected chi connectivity index (χ1v) is 10.2. The fraction of sp³-hybridized carbons (Fsp3) is 0.545. The highest BCUT2D eigenvalue weighted by molar-refractivity contribution is 5.43. The average molecular weight is 399 g/mol. The topological polar surface area (TPSA) is 76.7 Å². The molecule has 2 aromatic rings. The molecule has 7 nitrogen and oxygen atoms in total. The van der Waals surface area contributed by atoms with Crippen LogP contribution < -0.4 is 15.0 Å². The van der Waals surface area contributed by atoms with E-state index in [9.17, 15) is 4.79 Å². The number of fused-ring (bicyclic) bond motifs is 3. The SMILES string of the molecule is COCCOc1cc(CN2C3CCC2Cc2c(nc(C)[nH]c2=O)C3)ccc1OC. The third-order valence-corrected chi connectivity index (χ3v) is 6.00. The van der Waals surface area contributed by atoms with Crippen LogP contribution in [0.15, 0.2) is 23.0 Å². The lowest BCUT2D eigenvalue weighted by Crippen LogP contribution is -2.36. The van der Waals surface area contributed by atoms with Crippen LogP contribution in [0.4, 0.5) is 0 Å². The maximum absolute atomic E-state index is 12.5. The summed E-state index contributed by atoms with van der Waals surface area (Å²) in [5, 5.41) is 0. The smallest absolute Gasteiger partial charge is 0.254 e. The fourth-order valence-electron chi connectivity index (χ4n) is 4.60. The number of methoxy groups -OCH3 is 2. The molecule has 3 heterocycles. The first-order valence-electron chi connectivity index (χ1n) is 10.2. The van der Waals surface area contributed by atoms with E-state index in [1.165, 1.54) is 5.56 Å². The average Bonchev–Trinajstić information content (AvgIpc) is 2.97. The Morgan fingerprint density at radius 3 is 2.69 bits per heavy atom. The van der Waals surface area contributed by atoms with Crippen LogP contribution in [-0.4, -0.2) is 54.4 Å². The molecule has 156 valence electrons. The second kappa shape index (κ2) is 8.55. The molecule has 0 saturated carbocycles. The number of nitrogens with zero attached hydrogens (tertiary/aromatic N) is 2. The summed E-state index contributed by atoms with van der Waals surface area (Å²) in [5.74, 6) is 2.16. The first kappa shape index (κ1) is 19.9. The minimum absolute atomic E-state index is 0.0262. The van der Waals surface area contributed by atoms with E-state index in [0.717, 1.165) is 55.0 Å². The lowest BCUT2D eigenvalue weighted by atomic mass is 9.98. The standard InChI is InChI=1S/C22H29N3O4/c1-14-23-19-12-17-6-5-16(11-18(19)22(26)24-14)25(17)13-15-4-7-20(28-3)21(10-15)29-9-8-27-2/h4,7,10,16-17H,5-6,8-9,11-13H2,1-3H3,(H,23,24,26). The van der Waals surface area contributed by atoms with Gasteiger partial charge in [-0.1, -0.05) is 6.07 Å². The zero-order chi connectivity index (χ0) is 20.4. The van der Waals surface area contributed by atoms with Gasteiger partial charge in [0.15, 0.2) is 11.5 Å². The summed E-state index contributed by atoms with van der Waals surface area (Å²) in [4.78, 5) is 22.5. The van der Waals surface area contributed by atoms with Gasteiger partial charge in [0.1, 0.15) is 12.4 Å². The van der Waals surface area contributed by atoms with Gasteiger partial charge >= 0.3 is 0 Å². The van der Waals surface area contributed by atoms with Crippen LogP contribution in [0.3, 0.4) is 0 Å². The number of hydrogen-bond acceptors (Lipinski definition) is 6. The minimum Gasteiger partial charge on any atom is -0.493 e. The number of aryl methyl sites for hydroxylation is 1. The van der Waals surface area contributed by atoms with Crippen molar-refractivity contribution in [2.24, 2.45) is 0 Å². The van der Waals surface area contributed by atoms with Crippen LogP contribution in [-0.2, 0) is 24.1 Å². The Morgan fingerprint density at radius 2 is 1.93 bits per heavy atom. The van der Waals surface area contributed by atoms with E-state index < -0.39 is 0 Å². The normalized spacial score (nSPS) is 20.9. The molecule has 2 atom stereocenters. The van der Waals surface area contributed by atoms with Crippen LogP contribution in [0.2, 0.25) is 0 Å². The van der Waals surface area contributed by atoms with Crippen LogP contribution in [0, 0.1) is 6.92 Å². The monoisotopic (exact) mass is 399 g/mol. The minimum atomic E-state index is 0.0262. The number of hydrogen-bond donors (Lipinski definition) is 1. The van der Waals surface area contributed by atoms with Gasteiger partial charge in [-0.15, -0.1) is 0 Å². The van der Waals surface area contributed by atoms with Gasteiger partial charge in [0.2, 0.25) is 0 Å². The van der Waals surface area contributed by atoms with Crippen molar-refractivity contribution >= 4 is 0 Å². The molecule has 4 rings (SSSR count). The van der Waals surface area contributed by atoms with Gasteiger partial charge in [-0.2, -0.15) is 0 Å². The molecule has 1 N–H and O–H groups in total. The molecule has 1 aromatic heterocycles. The number of aromatic nitrogens is 2. The van der Waals surface area contributed by atoms with Crippen molar-refractivity contribution < 1.29 is 14.2 Å². The number of rotatable bonds is 7. The highest BCUT2D eigenvalue weighted by Crippen LogP contribution is 2.35. The van der Waals surface area contributed by atoms with Crippen molar-refractivity contribution in [1.82, 2.24) is 14.9 Å². The molecule has 7 heteroatoms. The van der Waals surface area contributed by atoms with Crippen molar-refractivity contribution in [3.05, 3.63) is 51.2 Å². The summed E-state index contributed by atoms with van der Waals surface area (Å²) in [7, 11) is 3.31. The maximum atomic E-state index is 12.5. The highest BCUT2D eigenvalue weighted by Gasteiger charge is 2.38. The molecule has 0 amide bonds. The van der Waals surface area contributed by atoms with Crippen molar-refractivity contribution in [1.29, 1.82) is 0 Å². The zero-order valence-electron chi connectivity index (χ0n) is 17.4. The lowest BCUT2D eigenvalue weighted by molar-refractivity contribution is 0.144. The molecule has 0 radical (unpaired) electrons. The molecular formula is C22H29N3O4. The van der Waals surface area contributed by atoms with Crippen LogP contribution in [0.25, 0.3) is 0 Å². The molecule has 1 fully saturated rings.